The third-order valence-corrected chi connectivity index (χ3v) is 4.13. The van der Waals surface area contributed by atoms with E-state index in [0.29, 0.717) is 6.10 Å². The maximum atomic E-state index is 5.75. The van der Waals surface area contributed by atoms with Gasteiger partial charge in [0.1, 0.15) is 0 Å². The number of allylic oxidation sites excluding steroid dienone is 4. The van der Waals surface area contributed by atoms with E-state index in [2.05, 4.69) is 39.8 Å². The van der Waals surface area contributed by atoms with Gasteiger partial charge in [-0.05, 0) is 59.3 Å². The highest BCUT2D eigenvalue weighted by Crippen LogP contribution is 2.50. The van der Waals surface area contributed by atoms with Gasteiger partial charge in [0.2, 0.25) is 0 Å². The van der Waals surface area contributed by atoms with Crippen molar-refractivity contribution in [3.8, 4) is 0 Å². The molecule has 2 aliphatic rings. The van der Waals surface area contributed by atoms with Gasteiger partial charge in [-0.2, -0.15) is 0 Å². The maximum Gasteiger partial charge on any atom is 0.0920 e. The summed E-state index contributed by atoms with van der Waals surface area (Å²) < 4.78 is 5.75. The van der Waals surface area contributed by atoms with Gasteiger partial charge in [0, 0.05) is 0 Å². The number of epoxide rings is 1. The van der Waals surface area contributed by atoms with Crippen LogP contribution in [0.2, 0.25) is 0 Å². The Bertz CT molecular complexity index is 322. The zero-order chi connectivity index (χ0) is 11.8. The third-order valence-electron chi connectivity index (χ3n) is 4.13. The standard InChI is InChI=1S/C15H24O/c1-11(2)6-5-7-12(3)13-8-9-15(4)14(10-13)16-15/h6-7,13-14H,5,8-10H2,1-4H3/t13?,14-,15+/m0/s1. The summed E-state index contributed by atoms with van der Waals surface area (Å²) in [6.45, 7) is 8.87. The molecule has 1 saturated heterocycles. The molecule has 16 heavy (non-hydrogen) atoms. The smallest absolute Gasteiger partial charge is 0.0920 e. The molecule has 2 rings (SSSR count). The Morgan fingerprint density at radius 3 is 2.69 bits per heavy atom. The van der Waals surface area contributed by atoms with Gasteiger partial charge in [0.15, 0.2) is 0 Å². The molecule has 3 atom stereocenters. The van der Waals surface area contributed by atoms with Crippen molar-refractivity contribution in [2.45, 2.75) is 65.1 Å². The largest absolute Gasteiger partial charge is 0.366 e. The van der Waals surface area contributed by atoms with Crippen LogP contribution in [0, 0.1) is 5.92 Å². The topological polar surface area (TPSA) is 12.5 Å². The summed E-state index contributed by atoms with van der Waals surface area (Å²) >= 11 is 0. The Hall–Kier alpha value is -0.560. The lowest BCUT2D eigenvalue weighted by atomic mass is 9.79. The van der Waals surface area contributed by atoms with E-state index in [4.69, 9.17) is 4.74 Å². The van der Waals surface area contributed by atoms with E-state index >= 15 is 0 Å². The van der Waals surface area contributed by atoms with E-state index in [0.717, 1.165) is 12.3 Å². The monoisotopic (exact) mass is 220 g/mol. The fourth-order valence-corrected chi connectivity index (χ4v) is 2.71. The van der Waals surface area contributed by atoms with Crippen molar-refractivity contribution < 1.29 is 4.74 Å². The van der Waals surface area contributed by atoms with E-state index in [1.54, 1.807) is 5.57 Å². The summed E-state index contributed by atoms with van der Waals surface area (Å²) in [4.78, 5) is 0. The number of ether oxygens (including phenoxy) is 1. The highest BCUT2D eigenvalue weighted by molar-refractivity contribution is 5.14. The molecule has 1 heterocycles. The van der Waals surface area contributed by atoms with Crippen LogP contribution in [0.25, 0.3) is 0 Å². The minimum absolute atomic E-state index is 0.261. The predicted octanol–water partition coefficient (Wildman–Crippen LogP) is 4.25. The normalized spacial score (nSPS) is 37.9. The Labute approximate surface area is 99.6 Å². The lowest BCUT2D eigenvalue weighted by Crippen LogP contribution is -2.21. The van der Waals surface area contributed by atoms with E-state index < -0.39 is 0 Å². The summed E-state index contributed by atoms with van der Waals surface area (Å²) in [7, 11) is 0. The van der Waals surface area contributed by atoms with Gasteiger partial charge in [-0.1, -0.05) is 23.3 Å². The van der Waals surface area contributed by atoms with Crippen LogP contribution in [0.5, 0.6) is 0 Å². The Kier molecular flexibility index (Phi) is 3.25. The van der Waals surface area contributed by atoms with Gasteiger partial charge in [0.25, 0.3) is 0 Å². The summed E-state index contributed by atoms with van der Waals surface area (Å²) in [5.74, 6) is 0.770. The molecule has 1 heteroatoms. The van der Waals surface area contributed by atoms with Gasteiger partial charge >= 0.3 is 0 Å². The number of hydrogen-bond donors (Lipinski definition) is 0. The SMILES string of the molecule is CC(C)=CCC=C(C)C1CC[C@@]2(C)O[C@H]2C1. The molecular formula is C15H24O. The van der Waals surface area contributed by atoms with E-state index in [1.165, 1.54) is 24.8 Å². The number of rotatable bonds is 3. The first-order valence-corrected chi connectivity index (χ1v) is 6.49. The molecule has 0 aromatic heterocycles. The van der Waals surface area contributed by atoms with E-state index in [1.807, 2.05) is 0 Å². The highest BCUT2D eigenvalue weighted by atomic mass is 16.6. The quantitative estimate of drug-likeness (QED) is 0.512. The van der Waals surface area contributed by atoms with Crippen molar-refractivity contribution in [2.24, 2.45) is 5.92 Å². The number of fused-ring (bicyclic) bond motifs is 1. The summed E-state index contributed by atoms with van der Waals surface area (Å²) in [6.07, 6.45) is 10.1. The van der Waals surface area contributed by atoms with Crippen LogP contribution in [0.15, 0.2) is 23.3 Å². The van der Waals surface area contributed by atoms with Crippen LogP contribution in [0.3, 0.4) is 0 Å². The van der Waals surface area contributed by atoms with E-state index in [9.17, 15) is 0 Å². The Morgan fingerprint density at radius 1 is 1.31 bits per heavy atom. The Morgan fingerprint density at radius 2 is 2.06 bits per heavy atom. The molecule has 0 N–H and O–H groups in total. The molecule has 0 aromatic carbocycles. The van der Waals surface area contributed by atoms with Crippen molar-refractivity contribution >= 4 is 0 Å². The first-order valence-electron chi connectivity index (χ1n) is 6.49. The lowest BCUT2D eigenvalue weighted by molar-refractivity contribution is 0.303. The number of hydrogen-bond acceptors (Lipinski definition) is 1. The molecule has 0 aromatic rings. The second kappa shape index (κ2) is 4.37. The fourth-order valence-electron chi connectivity index (χ4n) is 2.71. The van der Waals surface area contributed by atoms with Crippen LogP contribution in [0.4, 0.5) is 0 Å². The highest BCUT2D eigenvalue weighted by Gasteiger charge is 2.55. The molecule has 0 amide bonds. The molecule has 1 nitrogen and oxygen atoms in total. The summed E-state index contributed by atoms with van der Waals surface area (Å²) in [6, 6.07) is 0. The molecule has 1 aliphatic heterocycles. The molecule has 0 spiro atoms. The van der Waals surface area contributed by atoms with Gasteiger partial charge < -0.3 is 4.74 Å². The zero-order valence-electron chi connectivity index (χ0n) is 11.0. The fraction of sp³-hybridized carbons (Fsp3) is 0.733. The van der Waals surface area contributed by atoms with Crippen LogP contribution in [-0.4, -0.2) is 11.7 Å². The molecule has 0 radical (unpaired) electrons. The molecule has 1 aliphatic carbocycles. The zero-order valence-corrected chi connectivity index (χ0v) is 11.0. The molecule has 1 unspecified atom stereocenters. The first-order chi connectivity index (χ1) is 7.51. The Balaban J connectivity index is 1.86. The lowest BCUT2D eigenvalue weighted by Gasteiger charge is -2.23. The average molecular weight is 220 g/mol. The minimum atomic E-state index is 0.261. The van der Waals surface area contributed by atoms with Gasteiger partial charge in [-0.15, -0.1) is 0 Å². The average Bonchev–Trinajstić information content (AvgIpc) is 2.87. The maximum absolute atomic E-state index is 5.75. The molecule has 1 saturated carbocycles. The molecule has 2 fully saturated rings. The van der Waals surface area contributed by atoms with Crippen LogP contribution >= 0.6 is 0 Å². The van der Waals surface area contributed by atoms with Crippen LogP contribution in [-0.2, 0) is 4.74 Å². The molecule has 0 bridgehead atoms. The van der Waals surface area contributed by atoms with Gasteiger partial charge in [-0.3, -0.25) is 0 Å². The van der Waals surface area contributed by atoms with Gasteiger partial charge in [0.05, 0.1) is 11.7 Å². The van der Waals surface area contributed by atoms with Crippen molar-refractivity contribution in [3.63, 3.8) is 0 Å². The summed E-state index contributed by atoms with van der Waals surface area (Å²) in [5.41, 5.74) is 3.23. The second-order valence-electron chi connectivity index (χ2n) is 5.86. The first kappa shape index (κ1) is 11.9. The predicted molar refractivity (Wildman–Crippen MR) is 68.4 cm³/mol. The molecular weight excluding hydrogens is 196 g/mol. The third kappa shape index (κ3) is 2.57. The van der Waals surface area contributed by atoms with E-state index in [-0.39, 0.29) is 5.60 Å². The second-order valence-corrected chi connectivity index (χ2v) is 5.86. The van der Waals surface area contributed by atoms with Crippen molar-refractivity contribution in [2.75, 3.05) is 0 Å². The van der Waals surface area contributed by atoms with Crippen molar-refractivity contribution in [1.82, 2.24) is 0 Å². The van der Waals surface area contributed by atoms with Crippen molar-refractivity contribution in [1.29, 1.82) is 0 Å². The van der Waals surface area contributed by atoms with Gasteiger partial charge in [-0.25, -0.2) is 0 Å². The summed E-state index contributed by atoms with van der Waals surface area (Å²) in [5, 5.41) is 0. The van der Waals surface area contributed by atoms with Crippen LogP contribution in [0.1, 0.15) is 53.4 Å². The van der Waals surface area contributed by atoms with Crippen molar-refractivity contribution in [3.05, 3.63) is 23.3 Å². The van der Waals surface area contributed by atoms with Crippen LogP contribution < -0.4 is 0 Å². The minimum Gasteiger partial charge on any atom is -0.366 e. The molecule has 90 valence electrons.